The quantitative estimate of drug-likeness (QED) is 0.596. The summed E-state index contributed by atoms with van der Waals surface area (Å²) in [6.07, 6.45) is 7.26. The number of anilines is 3. The highest BCUT2D eigenvalue weighted by molar-refractivity contribution is 5.85. The second kappa shape index (κ2) is 9.51. The van der Waals surface area contributed by atoms with E-state index in [1.54, 1.807) is 18.3 Å². The van der Waals surface area contributed by atoms with Crippen molar-refractivity contribution in [2.75, 3.05) is 23.3 Å². The highest BCUT2D eigenvalue weighted by Gasteiger charge is 2.25. The van der Waals surface area contributed by atoms with Gasteiger partial charge in [0.25, 0.3) is 0 Å². The summed E-state index contributed by atoms with van der Waals surface area (Å²) in [6.45, 7) is 1.65. The monoisotopic (exact) mass is 448 g/mol. The van der Waals surface area contributed by atoms with E-state index in [1.807, 2.05) is 12.3 Å². The second-order valence-corrected chi connectivity index (χ2v) is 8.24. The molecule has 0 amide bonds. The van der Waals surface area contributed by atoms with Gasteiger partial charge in [-0.05, 0) is 73.6 Å². The van der Waals surface area contributed by atoms with Crippen molar-refractivity contribution in [2.45, 2.75) is 37.7 Å². The number of nitrogens with one attached hydrogen (secondary N) is 1. The number of halogens is 1. The van der Waals surface area contributed by atoms with Crippen LogP contribution in [0.25, 0.3) is 11.3 Å². The van der Waals surface area contributed by atoms with Gasteiger partial charge in [-0.2, -0.15) is 5.26 Å². The third-order valence-corrected chi connectivity index (χ3v) is 5.87. The number of aromatic nitrogens is 3. The van der Waals surface area contributed by atoms with E-state index in [0.717, 1.165) is 48.8 Å². The molecular weight excluding hydrogens is 424 g/mol. The van der Waals surface area contributed by atoms with Crippen LogP contribution in [0.2, 0.25) is 0 Å². The van der Waals surface area contributed by atoms with Crippen LogP contribution in [0.1, 0.15) is 42.7 Å². The van der Waals surface area contributed by atoms with Crippen molar-refractivity contribution < 1.29 is 5.11 Å². The standard InChI is InChI=1S/C24H24N6O.ClH/c25-14-16-5-8-26-22(11-16)29-23-13-19(17-1-2-17)12-21(28-23)18-3-4-24(27-15-18)30-9-6-20(31)7-10-30;/h3-5,8,11-13,15,17,20,31H,1-2,6-7,9-10H2,(H,26,28,29);1H. The smallest absolute Gasteiger partial charge is 0.132 e. The van der Waals surface area contributed by atoms with Crippen LogP contribution in [-0.2, 0) is 0 Å². The van der Waals surface area contributed by atoms with Gasteiger partial charge in [0, 0.05) is 31.0 Å². The fourth-order valence-electron chi connectivity index (χ4n) is 3.94. The Morgan fingerprint density at radius 1 is 1.00 bits per heavy atom. The fraction of sp³-hybridized carbons (Fsp3) is 0.333. The summed E-state index contributed by atoms with van der Waals surface area (Å²) >= 11 is 0. The Morgan fingerprint density at radius 3 is 2.50 bits per heavy atom. The molecule has 3 aromatic rings. The Kier molecular flexibility index (Phi) is 6.54. The van der Waals surface area contributed by atoms with Crippen LogP contribution in [-0.4, -0.2) is 39.3 Å². The molecule has 1 saturated heterocycles. The highest BCUT2D eigenvalue weighted by atomic mass is 35.5. The van der Waals surface area contributed by atoms with E-state index >= 15 is 0 Å². The normalized spacial score (nSPS) is 16.2. The van der Waals surface area contributed by atoms with Gasteiger partial charge in [-0.3, -0.25) is 0 Å². The Bertz CT molecular complexity index is 1120. The summed E-state index contributed by atoms with van der Waals surface area (Å²) in [5, 5.41) is 22.1. The molecule has 32 heavy (non-hydrogen) atoms. The molecule has 0 atom stereocenters. The van der Waals surface area contributed by atoms with E-state index in [0.29, 0.717) is 17.3 Å². The second-order valence-electron chi connectivity index (χ2n) is 8.24. The van der Waals surface area contributed by atoms with Gasteiger partial charge in [0.15, 0.2) is 0 Å². The van der Waals surface area contributed by atoms with Gasteiger partial charge in [-0.25, -0.2) is 15.0 Å². The van der Waals surface area contributed by atoms with Crippen LogP contribution < -0.4 is 10.2 Å². The summed E-state index contributed by atoms with van der Waals surface area (Å²) in [6, 6.07) is 13.9. The summed E-state index contributed by atoms with van der Waals surface area (Å²) < 4.78 is 0. The molecule has 3 aromatic heterocycles. The molecule has 0 spiro atoms. The molecule has 2 aliphatic rings. The lowest BCUT2D eigenvalue weighted by Crippen LogP contribution is -2.36. The summed E-state index contributed by atoms with van der Waals surface area (Å²) in [7, 11) is 0. The average molecular weight is 449 g/mol. The van der Waals surface area contributed by atoms with Gasteiger partial charge in [-0.15, -0.1) is 12.4 Å². The molecule has 4 heterocycles. The van der Waals surface area contributed by atoms with E-state index in [-0.39, 0.29) is 18.5 Å². The first-order chi connectivity index (χ1) is 15.2. The number of pyridine rings is 3. The minimum Gasteiger partial charge on any atom is -0.393 e. The molecule has 1 aliphatic heterocycles. The molecule has 2 N–H and O–H groups in total. The first kappa shape index (κ1) is 22.0. The molecule has 5 rings (SSSR count). The number of piperidine rings is 1. The zero-order valence-corrected chi connectivity index (χ0v) is 18.4. The van der Waals surface area contributed by atoms with E-state index < -0.39 is 0 Å². The van der Waals surface area contributed by atoms with Crippen LogP contribution in [0.15, 0.2) is 48.8 Å². The Balaban J connectivity index is 0.00000245. The predicted molar refractivity (Wildman–Crippen MR) is 126 cm³/mol. The SMILES string of the molecule is Cl.N#Cc1ccnc(Nc2cc(C3CC3)cc(-c3ccc(N4CCC(O)CC4)nc3)n2)c1. The van der Waals surface area contributed by atoms with Crippen molar-refractivity contribution in [3.8, 4) is 17.3 Å². The Morgan fingerprint density at radius 2 is 1.81 bits per heavy atom. The number of hydrogen-bond donors (Lipinski definition) is 2. The highest BCUT2D eigenvalue weighted by Crippen LogP contribution is 2.42. The zero-order valence-electron chi connectivity index (χ0n) is 17.6. The van der Waals surface area contributed by atoms with Crippen molar-refractivity contribution in [1.29, 1.82) is 5.26 Å². The molecule has 1 aliphatic carbocycles. The number of aliphatic hydroxyl groups is 1. The largest absolute Gasteiger partial charge is 0.393 e. The lowest BCUT2D eigenvalue weighted by Gasteiger charge is -2.30. The van der Waals surface area contributed by atoms with Crippen molar-refractivity contribution in [1.82, 2.24) is 15.0 Å². The molecule has 2 fully saturated rings. The van der Waals surface area contributed by atoms with Gasteiger partial charge in [0.05, 0.1) is 23.4 Å². The first-order valence-electron chi connectivity index (χ1n) is 10.7. The van der Waals surface area contributed by atoms with Crippen LogP contribution >= 0.6 is 12.4 Å². The molecule has 0 bridgehead atoms. The maximum Gasteiger partial charge on any atom is 0.132 e. The van der Waals surface area contributed by atoms with Gasteiger partial charge < -0.3 is 15.3 Å². The van der Waals surface area contributed by atoms with E-state index in [4.69, 9.17) is 10.2 Å². The lowest BCUT2D eigenvalue weighted by molar-refractivity contribution is 0.145. The van der Waals surface area contributed by atoms with Crippen molar-refractivity contribution in [3.63, 3.8) is 0 Å². The van der Waals surface area contributed by atoms with Crippen molar-refractivity contribution >= 4 is 29.9 Å². The minimum atomic E-state index is -0.195. The van der Waals surface area contributed by atoms with Crippen LogP contribution in [0.4, 0.5) is 17.5 Å². The van der Waals surface area contributed by atoms with Crippen molar-refractivity contribution in [2.24, 2.45) is 0 Å². The molecule has 164 valence electrons. The average Bonchev–Trinajstić information content (AvgIpc) is 3.65. The van der Waals surface area contributed by atoms with E-state index in [1.165, 1.54) is 18.4 Å². The molecule has 0 radical (unpaired) electrons. The maximum atomic E-state index is 9.72. The first-order valence-corrected chi connectivity index (χ1v) is 10.7. The van der Waals surface area contributed by atoms with Gasteiger partial charge in [0.2, 0.25) is 0 Å². The zero-order chi connectivity index (χ0) is 21.2. The predicted octanol–water partition coefficient (Wildman–Crippen LogP) is 4.41. The molecule has 0 aromatic carbocycles. The Labute approximate surface area is 193 Å². The Hall–Kier alpha value is -3.21. The maximum absolute atomic E-state index is 9.72. The summed E-state index contributed by atoms with van der Waals surface area (Å²) in [5.74, 6) is 2.83. The summed E-state index contributed by atoms with van der Waals surface area (Å²) in [5.41, 5.74) is 3.65. The summed E-state index contributed by atoms with van der Waals surface area (Å²) in [4.78, 5) is 16.0. The van der Waals surface area contributed by atoms with Gasteiger partial charge in [0.1, 0.15) is 17.5 Å². The topological polar surface area (TPSA) is 98.0 Å². The van der Waals surface area contributed by atoms with Crippen molar-refractivity contribution in [3.05, 3.63) is 59.9 Å². The number of rotatable bonds is 5. The molecule has 0 unspecified atom stereocenters. The molecule has 7 nitrogen and oxygen atoms in total. The third kappa shape index (κ3) is 4.98. The molecular formula is C24H25ClN6O. The van der Waals surface area contributed by atoms with Crippen LogP contribution in [0, 0.1) is 11.3 Å². The minimum absolute atomic E-state index is 0. The molecule has 8 heteroatoms. The van der Waals surface area contributed by atoms with Gasteiger partial charge in [-0.1, -0.05) is 0 Å². The number of nitriles is 1. The lowest BCUT2D eigenvalue weighted by atomic mass is 10.1. The molecule has 1 saturated carbocycles. The van der Waals surface area contributed by atoms with E-state index in [9.17, 15) is 5.11 Å². The van der Waals surface area contributed by atoms with Crippen LogP contribution in [0.3, 0.4) is 0 Å². The van der Waals surface area contributed by atoms with E-state index in [2.05, 4.69) is 44.5 Å². The third-order valence-electron chi connectivity index (χ3n) is 5.87. The number of hydrogen-bond acceptors (Lipinski definition) is 7. The number of nitrogens with zero attached hydrogens (tertiary/aromatic N) is 5. The number of aliphatic hydroxyl groups excluding tert-OH is 1. The van der Waals surface area contributed by atoms with Gasteiger partial charge >= 0.3 is 0 Å². The van der Waals surface area contributed by atoms with Crippen LogP contribution in [0.5, 0.6) is 0 Å². The fourth-order valence-corrected chi connectivity index (χ4v) is 3.94.